The van der Waals surface area contributed by atoms with Crippen molar-refractivity contribution >= 4 is 5.71 Å². The number of nitrogens with zero attached hydrogens (tertiary/aromatic N) is 1. The summed E-state index contributed by atoms with van der Waals surface area (Å²) < 4.78 is 0. The van der Waals surface area contributed by atoms with Gasteiger partial charge in [0, 0.05) is 0 Å². The summed E-state index contributed by atoms with van der Waals surface area (Å²) in [5.41, 5.74) is 4.39. The maximum Gasteiger partial charge on any atom is 0.114 e. The Kier molecular flexibility index (Phi) is 4.85. The van der Waals surface area contributed by atoms with Crippen LogP contribution in [0.15, 0.2) is 29.4 Å². The molecule has 0 aliphatic heterocycles. The highest BCUT2D eigenvalue weighted by Crippen LogP contribution is 2.34. The van der Waals surface area contributed by atoms with Crippen LogP contribution in [0, 0.1) is 0 Å². The van der Waals surface area contributed by atoms with E-state index < -0.39 is 0 Å². The fourth-order valence-electron chi connectivity index (χ4n) is 2.79. The van der Waals surface area contributed by atoms with E-state index in [2.05, 4.69) is 50.2 Å². The minimum absolute atomic E-state index is 0.228. The van der Waals surface area contributed by atoms with Gasteiger partial charge in [0.1, 0.15) is 6.61 Å². The van der Waals surface area contributed by atoms with Crippen LogP contribution in [0.4, 0.5) is 0 Å². The van der Waals surface area contributed by atoms with Crippen molar-refractivity contribution in [1.29, 1.82) is 0 Å². The summed E-state index contributed by atoms with van der Waals surface area (Å²) >= 11 is 0. The van der Waals surface area contributed by atoms with Gasteiger partial charge in [0.15, 0.2) is 0 Å². The van der Waals surface area contributed by atoms with Crippen LogP contribution in [0.5, 0.6) is 0 Å². The average molecular weight is 273 g/mol. The molecule has 0 N–H and O–H groups in total. The Morgan fingerprint density at radius 1 is 1.20 bits per heavy atom. The molecule has 2 nitrogen and oxygen atoms in total. The van der Waals surface area contributed by atoms with Gasteiger partial charge in [-0.25, -0.2) is 0 Å². The summed E-state index contributed by atoms with van der Waals surface area (Å²) in [5.74, 6) is 0.679. The molecule has 110 valence electrons. The van der Waals surface area contributed by atoms with Gasteiger partial charge in [-0.1, -0.05) is 50.2 Å². The maximum atomic E-state index is 5.17. The van der Waals surface area contributed by atoms with Crippen molar-refractivity contribution in [3.05, 3.63) is 35.4 Å². The Morgan fingerprint density at radius 2 is 1.90 bits per heavy atom. The maximum absolute atomic E-state index is 5.17. The van der Waals surface area contributed by atoms with E-state index in [4.69, 9.17) is 4.84 Å². The van der Waals surface area contributed by atoms with Crippen LogP contribution in [0.25, 0.3) is 0 Å². The molecule has 1 aromatic carbocycles. The highest BCUT2D eigenvalue weighted by molar-refractivity contribution is 5.84. The van der Waals surface area contributed by atoms with Crippen LogP contribution in [0.3, 0.4) is 0 Å². The fraction of sp³-hybridized carbons (Fsp3) is 0.611. The molecular formula is C18H27NO. The van der Waals surface area contributed by atoms with Crippen molar-refractivity contribution < 1.29 is 4.84 Å². The summed E-state index contributed by atoms with van der Waals surface area (Å²) in [4.78, 5) is 5.17. The monoisotopic (exact) mass is 273 g/mol. The molecule has 2 rings (SSSR count). The van der Waals surface area contributed by atoms with E-state index in [-0.39, 0.29) is 5.41 Å². The van der Waals surface area contributed by atoms with Crippen molar-refractivity contribution in [1.82, 2.24) is 0 Å². The normalized spacial score (nSPS) is 19.8. The molecule has 0 amide bonds. The van der Waals surface area contributed by atoms with Crippen LogP contribution >= 0.6 is 0 Å². The quantitative estimate of drug-likeness (QED) is 0.707. The number of oxime groups is 1. The molecule has 1 saturated carbocycles. The van der Waals surface area contributed by atoms with Gasteiger partial charge in [-0.05, 0) is 55.1 Å². The third kappa shape index (κ3) is 3.84. The molecule has 0 radical (unpaired) electrons. The third-order valence-corrected chi connectivity index (χ3v) is 4.11. The summed E-state index contributed by atoms with van der Waals surface area (Å²) in [7, 11) is 0. The molecule has 1 aromatic rings. The van der Waals surface area contributed by atoms with Crippen LogP contribution in [0.2, 0.25) is 0 Å². The Morgan fingerprint density at radius 3 is 2.50 bits per heavy atom. The molecule has 1 aliphatic carbocycles. The summed E-state index contributed by atoms with van der Waals surface area (Å²) in [6.45, 7) is 9.48. The molecule has 20 heavy (non-hydrogen) atoms. The highest BCUT2D eigenvalue weighted by atomic mass is 16.6. The van der Waals surface area contributed by atoms with Gasteiger partial charge in [0.25, 0.3) is 0 Å². The van der Waals surface area contributed by atoms with E-state index in [0.717, 1.165) is 12.8 Å². The van der Waals surface area contributed by atoms with Crippen molar-refractivity contribution in [3.63, 3.8) is 0 Å². The average Bonchev–Trinajstić information content (AvgIpc) is 2.45. The van der Waals surface area contributed by atoms with Crippen LogP contribution in [-0.4, -0.2) is 12.3 Å². The molecular weight excluding hydrogens is 246 g/mol. The smallest absolute Gasteiger partial charge is 0.114 e. The third-order valence-electron chi connectivity index (χ3n) is 4.11. The van der Waals surface area contributed by atoms with Crippen molar-refractivity contribution in [2.75, 3.05) is 6.61 Å². The van der Waals surface area contributed by atoms with Gasteiger partial charge in [-0.3, -0.25) is 0 Å². The molecule has 0 aromatic heterocycles. The van der Waals surface area contributed by atoms with Gasteiger partial charge >= 0.3 is 0 Å². The molecule has 2 heteroatoms. The summed E-state index contributed by atoms with van der Waals surface area (Å²) in [5, 5.41) is 4.20. The second-order valence-corrected chi connectivity index (χ2v) is 6.73. The number of hydrogen-bond donors (Lipinski definition) is 0. The van der Waals surface area contributed by atoms with Crippen LogP contribution in [0.1, 0.15) is 70.4 Å². The molecule has 0 atom stereocenters. The number of benzene rings is 1. The zero-order valence-corrected chi connectivity index (χ0v) is 13.3. The van der Waals surface area contributed by atoms with Gasteiger partial charge in [0.05, 0.1) is 5.71 Å². The van der Waals surface area contributed by atoms with Gasteiger partial charge in [-0.15, -0.1) is 0 Å². The first-order valence-corrected chi connectivity index (χ1v) is 7.79. The lowest BCUT2D eigenvalue weighted by molar-refractivity contribution is 0.156. The Bertz CT molecular complexity index is 461. The first-order chi connectivity index (χ1) is 9.50. The lowest BCUT2D eigenvalue weighted by atomic mass is 9.80. The molecule has 0 saturated heterocycles. The van der Waals surface area contributed by atoms with Crippen molar-refractivity contribution in [3.8, 4) is 0 Å². The molecule has 0 spiro atoms. The molecule has 1 aliphatic rings. The summed E-state index contributed by atoms with van der Waals surface area (Å²) in [6.07, 6.45) is 4.54. The van der Waals surface area contributed by atoms with E-state index in [0.29, 0.717) is 12.5 Å². The Hall–Kier alpha value is -1.31. The summed E-state index contributed by atoms with van der Waals surface area (Å²) in [6, 6.07) is 9.13. The van der Waals surface area contributed by atoms with Crippen molar-refractivity contribution in [2.45, 2.75) is 64.7 Å². The molecule has 0 bridgehead atoms. The van der Waals surface area contributed by atoms with Gasteiger partial charge < -0.3 is 4.84 Å². The highest BCUT2D eigenvalue weighted by Gasteiger charge is 2.21. The van der Waals surface area contributed by atoms with Gasteiger partial charge in [0.2, 0.25) is 0 Å². The first kappa shape index (κ1) is 15.1. The van der Waals surface area contributed by atoms with Gasteiger partial charge in [-0.2, -0.15) is 0 Å². The van der Waals surface area contributed by atoms with E-state index in [1.165, 1.54) is 29.7 Å². The first-order valence-electron chi connectivity index (χ1n) is 7.79. The zero-order chi connectivity index (χ0) is 14.6. The van der Waals surface area contributed by atoms with E-state index >= 15 is 0 Å². The predicted octanol–water partition coefficient (Wildman–Crippen LogP) is 5.03. The Balaban J connectivity index is 2.04. The topological polar surface area (TPSA) is 21.6 Å². The minimum atomic E-state index is 0.228. The Labute approximate surface area is 123 Å². The minimum Gasteiger partial charge on any atom is -0.396 e. The van der Waals surface area contributed by atoms with E-state index in [9.17, 15) is 0 Å². The zero-order valence-electron chi connectivity index (χ0n) is 13.3. The van der Waals surface area contributed by atoms with Crippen LogP contribution in [-0.2, 0) is 10.3 Å². The second kappa shape index (κ2) is 6.43. The lowest BCUT2D eigenvalue weighted by Gasteiger charge is -2.25. The number of rotatable bonds is 3. The largest absolute Gasteiger partial charge is 0.396 e. The van der Waals surface area contributed by atoms with Crippen molar-refractivity contribution in [2.24, 2.45) is 5.16 Å². The standard InChI is InChI=1S/C18H27NO/c1-5-20-19-17-11-9-14(10-12-17)15-7-6-8-16(13-15)18(2,3)4/h6-8,13-14H,5,9-12H2,1-4H3. The van der Waals surface area contributed by atoms with Crippen LogP contribution < -0.4 is 0 Å². The van der Waals surface area contributed by atoms with E-state index in [1.54, 1.807) is 0 Å². The lowest BCUT2D eigenvalue weighted by Crippen LogP contribution is -2.15. The fourth-order valence-corrected chi connectivity index (χ4v) is 2.79. The van der Waals surface area contributed by atoms with E-state index in [1.807, 2.05) is 6.92 Å². The molecule has 0 heterocycles. The number of hydrogen-bond acceptors (Lipinski definition) is 2. The molecule has 1 fully saturated rings. The SMILES string of the molecule is CCON=C1CCC(c2cccc(C(C)(C)C)c2)CC1. The molecule has 0 unspecified atom stereocenters. The predicted molar refractivity (Wildman–Crippen MR) is 85.4 cm³/mol. The second-order valence-electron chi connectivity index (χ2n) is 6.73.